The van der Waals surface area contributed by atoms with Gasteiger partial charge < -0.3 is 18.8 Å². The average Bonchev–Trinajstić information content (AvgIpc) is 3.28. The number of carbonyl (C=O) groups is 1. The largest absolute Gasteiger partial charge is 0.497 e. The second-order valence-electron chi connectivity index (χ2n) is 7.41. The Hall–Kier alpha value is -4.13. The standard InChI is InChI=1S/C25H18FNO5/c1-30-18-4-2-3-15(9-18)12-27-13-20(24(28)16-5-7-17(26)8-6-16)25(29)19-10-22-23(11-21(19)27)32-14-31-22/h2-11,13H,12,14H2,1H3. The van der Waals surface area contributed by atoms with Crippen LogP contribution in [0.2, 0.25) is 0 Å². The van der Waals surface area contributed by atoms with Gasteiger partial charge in [-0.25, -0.2) is 4.39 Å². The number of hydrogen-bond donors (Lipinski definition) is 0. The monoisotopic (exact) mass is 431 g/mol. The number of rotatable bonds is 5. The Labute approximate surface area is 182 Å². The van der Waals surface area contributed by atoms with Crippen LogP contribution < -0.4 is 19.6 Å². The van der Waals surface area contributed by atoms with Gasteiger partial charge in [0.1, 0.15) is 11.6 Å². The Morgan fingerprint density at radius 2 is 1.81 bits per heavy atom. The maximum atomic E-state index is 13.3. The highest BCUT2D eigenvalue weighted by Gasteiger charge is 2.22. The van der Waals surface area contributed by atoms with E-state index in [0.717, 1.165) is 5.56 Å². The van der Waals surface area contributed by atoms with Gasteiger partial charge in [0.05, 0.1) is 23.6 Å². The van der Waals surface area contributed by atoms with Crippen LogP contribution in [0.1, 0.15) is 21.5 Å². The zero-order valence-electron chi connectivity index (χ0n) is 17.1. The molecule has 32 heavy (non-hydrogen) atoms. The fraction of sp³-hybridized carbons (Fsp3) is 0.120. The maximum Gasteiger partial charge on any atom is 0.231 e. The van der Waals surface area contributed by atoms with Gasteiger partial charge in [0.2, 0.25) is 12.2 Å². The molecule has 2 heterocycles. The summed E-state index contributed by atoms with van der Waals surface area (Å²) in [6.07, 6.45) is 1.54. The summed E-state index contributed by atoms with van der Waals surface area (Å²) in [6, 6.07) is 16.0. The molecule has 0 unspecified atom stereocenters. The number of ketones is 1. The third-order valence-electron chi connectivity index (χ3n) is 5.41. The Kier molecular flexibility index (Phi) is 4.86. The van der Waals surface area contributed by atoms with Crippen molar-refractivity contribution in [3.63, 3.8) is 0 Å². The fourth-order valence-corrected chi connectivity index (χ4v) is 3.80. The van der Waals surface area contributed by atoms with E-state index in [0.29, 0.717) is 34.7 Å². The Bertz CT molecular complexity index is 1410. The number of ether oxygens (including phenoxy) is 3. The number of nitrogens with zero attached hydrogens (tertiary/aromatic N) is 1. The first-order valence-corrected chi connectivity index (χ1v) is 9.93. The second-order valence-corrected chi connectivity index (χ2v) is 7.41. The summed E-state index contributed by atoms with van der Waals surface area (Å²) >= 11 is 0. The Morgan fingerprint density at radius 3 is 2.56 bits per heavy atom. The van der Waals surface area contributed by atoms with Crippen LogP contribution in [0.5, 0.6) is 17.2 Å². The molecule has 0 bridgehead atoms. The lowest BCUT2D eigenvalue weighted by molar-refractivity contribution is 0.103. The molecule has 6 nitrogen and oxygen atoms in total. The highest BCUT2D eigenvalue weighted by atomic mass is 19.1. The Balaban J connectivity index is 1.70. The molecule has 1 aliphatic rings. The van der Waals surface area contributed by atoms with Gasteiger partial charge in [-0.2, -0.15) is 0 Å². The number of pyridine rings is 1. The van der Waals surface area contributed by atoms with Gasteiger partial charge in [0.25, 0.3) is 0 Å². The molecular weight excluding hydrogens is 413 g/mol. The van der Waals surface area contributed by atoms with E-state index in [-0.39, 0.29) is 17.9 Å². The molecule has 0 radical (unpaired) electrons. The van der Waals surface area contributed by atoms with Crippen molar-refractivity contribution >= 4 is 16.7 Å². The normalized spacial score (nSPS) is 12.2. The van der Waals surface area contributed by atoms with Gasteiger partial charge in [0, 0.05) is 24.4 Å². The van der Waals surface area contributed by atoms with Crippen LogP contribution in [0.4, 0.5) is 4.39 Å². The van der Waals surface area contributed by atoms with E-state index < -0.39 is 17.0 Å². The second kappa shape index (κ2) is 7.85. The molecule has 4 aromatic rings. The highest BCUT2D eigenvalue weighted by molar-refractivity contribution is 6.10. The number of methoxy groups -OCH3 is 1. The lowest BCUT2D eigenvalue weighted by Gasteiger charge is -2.15. The summed E-state index contributed by atoms with van der Waals surface area (Å²) in [6.45, 7) is 0.453. The molecule has 0 spiro atoms. The maximum absolute atomic E-state index is 13.3. The molecule has 0 amide bonds. The van der Waals surface area contributed by atoms with Gasteiger partial charge in [0.15, 0.2) is 17.3 Å². The lowest BCUT2D eigenvalue weighted by atomic mass is 10.0. The van der Waals surface area contributed by atoms with E-state index in [1.54, 1.807) is 19.2 Å². The average molecular weight is 431 g/mol. The fourth-order valence-electron chi connectivity index (χ4n) is 3.80. The molecular formula is C25H18FNO5. The number of carbonyl (C=O) groups excluding carboxylic acids is 1. The summed E-state index contributed by atoms with van der Waals surface area (Å²) in [5.41, 5.74) is 1.33. The van der Waals surface area contributed by atoms with Crippen molar-refractivity contribution in [2.75, 3.05) is 13.9 Å². The van der Waals surface area contributed by atoms with Crippen LogP contribution in [-0.4, -0.2) is 24.3 Å². The van der Waals surface area contributed by atoms with Gasteiger partial charge in [-0.1, -0.05) is 12.1 Å². The van der Waals surface area contributed by atoms with E-state index >= 15 is 0 Å². The van der Waals surface area contributed by atoms with Crippen molar-refractivity contribution in [3.05, 3.63) is 99.6 Å². The van der Waals surface area contributed by atoms with Gasteiger partial charge in [-0.15, -0.1) is 0 Å². The number of hydrogen-bond acceptors (Lipinski definition) is 5. The number of benzene rings is 3. The first-order valence-electron chi connectivity index (χ1n) is 9.93. The SMILES string of the molecule is COc1cccc(Cn2cc(C(=O)c3ccc(F)cc3)c(=O)c3cc4c(cc32)OCO4)c1. The minimum atomic E-state index is -0.478. The van der Waals surface area contributed by atoms with Crippen molar-refractivity contribution in [1.82, 2.24) is 4.57 Å². The van der Waals surface area contributed by atoms with Crippen molar-refractivity contribution in [2.24, 2.45) is 0 Å². The predicted octanol–water partition coefficient (Wildman–Crippen LogP) is 4.16. The quantitative estimate of drug-likeness (QED) is 0.444. The molecule has 0 fully saturated rings. The van der Waals surface area contributed by atoms with E-state index in [9.17, 15) is 14.0 Å². The summed E-state index contributed by atoms with van der Waals surface area (Å²) in [5.74, 6) is 0.757. The molecule has 0 saturated heterocycles. The first-order chi connectivity index (χ1) is 15.5. The topological polar surface area (TPSA) is 66.8 Å². The van der Waals surface area contributed by atoms with Gasteiger partial charge in [-0.05, 0) is 48.0 Å². The third-order valence-corrected chi connectivity index (χ3v) is 5.41. The van der Waals surface area contributed by atoms with Crippen LogP contribution >= 0.6 is 0 Å². The molecule has 5 rings (SSSR count). The van der Waals surface area contributed by atoms with E-state index in [1.807, 2.05) is 28.8 Å². The predicted molar refractivity (Wildman–Crippen MR) is 116 cm³/mol. The summed E-state index contributed by atoms with van der Waals surface area (Å²) < 4.78 is 31.4. The molecule has 0 atom stereocenters. The molecule has 0 N–H and O–H groups in total. The van der Waals surface area contributed by atoms with Crippen LogP contribution in [0.15, 0.2) is 71.7 Å². The highest BCUT2D eigenvalue weighted by Crippen LogP contribution is 2.35. The zero-order chi connectivity index (χ0) is 22.2. The number of fused-ring (bicyclic) bond motifs is 2. The summed E-state index contributed by atoms with van der Waals surface area (Å²) in [7, 11) is 1.59. The number of halogens is 1. The molecule has 7 heteroatoms. The van der Waals surface area contributed by atoms with Crippen molar-refractivity contribution in [2.45, 2.75) is 6.54 Å². The smallest absolute Gasteiger partial charge is 0.231 e. The van der Waals surface area contributed by atoms with E-state index in [1.165, 1.54) is 30.5 Å². The molecule has 160 valence electrons. The van der Waals surface area contributed by atoms with Crippen molar-refractivity contribution in [1.29, 1.82) is 0 Å². The van der Waals surface area contributed by atoms with E-state index in [4.69, 9.17) is 14.2 Å². The van der Waals surface area contributed by atoms with Crippen LogP contribution in [0.3, 0.4) is 0 Å². The van der Waals surface area contributed by atoms with Crippen LogP contribution in [0.25, 0.3) is 10.9 Å². The summed E-state index contributed by atoms with van der Waals surface area (Å²) in [4.78, 5) is 26.4. The minimum absolute atomic E-state index is 0.00845. The first kappa shape index (κ1) is 19.8. The Morgan fingerprint density at radius 1 is 1.06 bits per heavy atom. The minimum Gasteiger partial charge on any atom is -0.497 e. The van der Waals surface area contributed by atoms with E-state index in [2.05, 4.69) is 0 Å². The van der Waals surface area contributed by atoms with Gasteiger partial charge in [-0.3, -0.25) is 9.59 Å². The number of aromatic nitrogens is 1. The zero-order valence-corrected chi connectivity index (χ0v) is 17.1. The molecule has 0 saturated carbocycles. The molecule has 3 aromatic carbocycles. The third kappa shape index (κ3) is 3.47. The molecule has 1 aliphatic heterocycles. The molecule has 1 aromatic heterocycles. The van der Waals surface area contributed by atoms with Crippen molar-refractivity contribution < 1.29 is 23.4 Å². The van der Waals surface area contributed by atoms with Crippen molar-refractivity contribution in [3.8, 4) is 17.2 Å². The summed E-state index contributed by atoms with van der Waals surface area (Å²) in [5, 5.41) is 0.338. The molecule has 0 aliphatic carbocycles. The van der Waals surface area contributed by atoms with Gasteiger partial charge >= 0.3 is 0 Å². The lowest BCUT2D eigenvalue weighted by Crippen LogP contribution is -2.20. The van der Waals surface area contributed by atoms with Crippen LogP contribution in [0, 0.1) is 5.82 Å². The van der Waals surface area contributed by atoms with Crippen LogP contribution in [-0.2, 0) is 6.54 Å².